The van der Waals surface area contributed by atoms with Crippen molar-refractivity contribution in [2.45, 2.75) is 38.7 Å². The first-order chi connectivity index (χ1) is 9.65. The molecule has 1 aromatic rings. The molecule has 0 aliphatic carbocycles. The van der Waals surface area contributed by atoms with E-state index < -0.39 is 11.9 Å². The Bertz CT molecular complexity index is 413. The number of carbonyl (C=O) groups is 1. The third-order valence-corrected chi connectivity index (χ3v) is 3.04. The largest absolute Gasteiger partial charge is 0.386 e. The topological polar surface area (TPSA) is 61.4 Å². The molecule has 1 rings (SSSR count). The monoisotopic (exact) mass is 282 g/mol. The molecular formula is C15H23FN2O2. The Kier molecular flexibility index (Phi) is 7.65. The van der Waals surface area contributed by atoms with Gasteiger partial charge in [0, 0.05) is 18.7 Å². The fourth-order valence-corrected chi connectivity index (χ4v) is 1.86. The Labute approximate surface area is 119 Å². The van der Waals surface area contributed by atoms with Crippen molar-refractivity contribution in [3.05, 3.63) is 35.6 Å². The maximum absolute atomic E-state index is 13.4. The summed E-state index contributed by atoms with van der Waals surface area (Å²) in [6, 6.07) is 5.66. The fourth-order valence-electron chi connectivity index (χ4n) is 1.86. The number of aliphatic hydroxyl groups is 1. The van der Waals surface area contributed by atoms with Gasteiger partial charge in [0.2, 0.25) is 0 Å². The summed E-state index contributed by atoms with van der Waals surface area (Å²) in [6.07, 6.45) is 3.31. The molecule has 4 nitrogen and oxygen atoms in total. The second-order valence-electron chi connectivity index (χ2n) is 4.73. The molecule has 0 fully saturated rings. The highest BCUT2D eigenvalue weighted by Crippen LogP contribution is 2.15. The lowest BCUT2D eigenvalue weighted by Gasteiger charge is -2.13. The van der Waals surface area contributed by atoms with Crippen molar-refractivity contribution >= 4 is 6.03 Å². The summed E-state index contributed by atoms with van der Waals surface area (Å²) >= 11 is 0. The molecule has 0 bridgehead atoms. The molecule has 1 unspecified atom stereocenters. The maximum atomic E-state index is 13.4. The van der Waals surface area contributed by atoms with Crippen LogP contribution in [-0.4, -0.2) is 24.2 Å². The average molecular weight is 282 g/mol. The van der Waals surface area contributed by atoms with Crippen LogP contribution in [0.25, 0.3) is 0 Å². The lowest BCUT2D eigenvalue weighted by atomic mass is 10.1. The highest BCUT2D eigenvalue weighted by atomic mass is 19.1. The molecule has 1 aromatic carbocycles. The molecule has 0 aliphatic heterocycles. The van der Waals surface area contributed by atoms with E-state index in [1.165, 1.54) is 12.1 Å². The molecular weight excluding hydrogens is 259 g/mol. The highest BCUT2D eigenvalue weighted by Gasteiger charge is 2.12. The first kappa shape index (κ1) is 16.4. The number of urea groups is 1. The van der Waals surface area contributed by atoms with Gasteiger partial charge in [-0.3, -0.25) is 0 Å². The SMILES string of the molecule is CCCCCCNC(=O)NCC(O)c1ccccc1F. The number of hydrogen-bond donors (Lipinski definition) is 3. The predicted molar refractivity (Wildman–Crippen MR) is 76.9 cm³/mol. The molecule has 5 heteroatoms. The van der Waals surface area contributed by atoms with Crippen LogP contribution in [0.4, 0.5) is 9.18 Å². The lowest BCUT2D eigenvalue weighted by Crippen LogP contribution is -2.38. The van der Waals surface area contributed by atoms with Crippen molar-refractivity contribution in [3.8, 4) is 0 Å². The van der Waals surface area contributed by atoms with E-state index in [-0.39, 0.29) is 18.1 Å². The van der Waals surface area contributed by atoms with Crippen molar-refractivity contribution in [1.29, 1.82) is 0 Å². The molecule has 1 atom stereocenters. The van der Waals surface area contributed by atoms with Gasteiger partial charge in [-0.2, -0.15) is 0 Å². The van der Waals surface area contributed by atoms with Crippen molar-refractivity contribution in [2.75, 3.05) is 13.1 Å². The van der Waals surface area contributed by atoms with Gasteiger partial charge in [0.1, 0.15) is 5.82 Å². The van der Waals surface area contributed by atoms with Gasteiger partial charge in [-0.1, -0.05) is 44.4 Å². The van der Waals surface area contributed by atoms with Crippen molar-refractivity contribution in [2.24, 2.45) is 0 Å². The van der Waals surface area contributed by atoms with Crippen LogP contribution in [0.2, 0.25) is 0 Å². The van der Waals surface area contributed by atoms with Crippen molar-refractivity contribution in [3.63, 3.8) is 0 Å². The van der Waals surface area contributed by atoms with E-state index in [4.69, 9.17) is 0 Å². The van der Waals surface area contributed by atoms with E-state index in [2.05, 4.69) is 17.6 Å². The van der Waals surface area contributed by atoms with Crippen LogP contribution >= 0.6 is 0 Å². The van der Waals surface area contributed by atoms with E-state index >= 15 is 0 Å². The first-order valence-corrected chi connectivity index (χ1v) is 7.09. The molecule has 0 saturated heterocycles. The normalized spacial score (nSPS) is 11.9. The summed E-state index contributed by atoms with van der Waals surface area (Å²) in [7, 11) is 0. The molecule has 0 saturated carbocycles. The smallest absolute Gasteiger partial charge is 0.314 e. The Balaban J connectivity index is 2.22. The van der Waals surface area contributed by atoms with Crippen LogP contribution in [0.15, 0.2) is 24.3 Å². The first-order valence-electron chi connectivity index (χ1n) is 7.09. The van der Waals surface area contributed by atoms with Crippen LogP contribution in [0.5, 0.6) is 0 Å². The average Bonchev–Trinajstić information content (AvgIpc) is 2.45. The highest BCUT2D eigenvalue weighted by molar-refractivity contribution is 5.73. The number of aliphatic hydroxyl groups excluding tert-OH is 1. The number of unbranched alkanes of at least 4 members (excludes halogenated alkanes) is 3. The second-order valence-corrected chi connectivity index (χ2v) is 4.73. The summed E-state index contributed by atoms with van der Waals surface area (Å²) in [5, 5.41) is 15.0. The van der Waals surface area contributed by atoms with Gasteiger partial charge >= 0.3 is 6.03 Å². The van der Waals surface area contributed by atoms with Crippen LogP contribution in [0.1, 0.15) is 44.3 Å². The van der Waals surface area contributed by atoms with Gasteiger partial charge in [0.25, 0.3) is 0 Å². The minimum atomic E-state index is -1.04. The maximum Gasteiger partial charge on any atom is 0.314 e. The number of nitrogens with one attached hydrogen (secondary N) is 2. The molecule has 0 aliphatic rings. The van der Waals surface area contributed by atoms with Gasteiger partial charge in [0.15, 0.2) is 0 Å². The fraction of sp³-hybridized carbons (Fsp3) is 0.533. The number of amides is 2. The number of benzene rings is 1. The van der Waals surface area contributed by atoms with Crippen LogP contribution in [0, 0.1) is 5.82 Å². The minimum absolute atomic E-state index is 0.0122. The van der Waals surface area contributed by atoms with Gasteiger partial charge < -0.3 is 15.7 Å². The summed E-state index contributed by atoms with van der Waals surface area (Å²) in [5.41, 5.74) is 0.191. The van der Waals surface area contributed by atoms with Crippen LogP contribution in [-0.2, 0) is 0 Å². The summed E-state index contributed by atoms with van der Waals surface area (Å²) < 4.78 is 13.4. The zero-order valence-corrected chi connectivity index (χ0v) is 11.9. The number of rotatable bonds is 8. The number of hydrogen-bond acceptors (Lipinski definition) is 2. The molecule has 20 heavy (non-hydrogen) atoms. The Hall–Kier alpha value is -1.62. The summed E-state index contributed by atoms with van der Waals surface area (Å²) in [5.74, 6) is -0.471. The third-order valence-electron chi connectivity index (χ3n) is 3.04. The van der Waals surface area contributed by atoms with E-state index in [1.807, 2.05) is 0 Å². The second kappa shape index (κ2) is 9.31. The zero-order chi connectivity index (χ0) is 14.8. The standard InChI is InChI=1S/C15H23FN2O2/c1-2-3-4-7-10-17-15(20)18-11-14(19)12-8-5-6-9-13(12)16/h5-6,8-9,14,19H,2-4,7,10-11H2,1H3,(H2,17,18,20). The Morgan fingerprint density at radius 2 is 2.00 bits per heavy atom. The molecule has 3 N–H and O–H groups in total. The van der Waals surface area contributed by atoms with Gasteiger partial charge in [0.05, 0.1) is 6.10 Å². The van der Waals surface area contributed by atoms with Gasteiger partial charge in [-0.15, -0.1) is 0 Å². The molecule has 112 valence electrons. The van der Waals surface area contributed by atoms with Crippen LogP contribution in [0.3, 0.4) is 0 Å². The molecule has 2 amide bonds. The van der Waals surface area contributed by atoms with Gasteiger partial charge in [-0.25, -0.2) is 9.18 Å². The lowest BCUT2D eigenvalue weighted by molar-refractivity contribution is 0.169. The van der Waals surface area contributed by atoms with Crippen LogP contribution < -0.4 is 10.6 Å². The predicted octanol–water partition coefficient (Wildman–Crippen LogP) is 2.74. The Morgan fingerprint density at radius 1 is 1.25 bits per heavy atom. The van der Waals surface area contributed by atoms with Gasteiger partial charge in [-0.05, 0) is 12.5 Å². The van der Waals surface area contributed by atoms with E-state index in [9.17, 15) is 14.3 Å². The van der Waals surface area contributed by atoms with E-state index in [0.717, 1.165) is 25.7 Å². The molecule has 0 heterocycles. The summed E-state index contributed by atoms with van der Waals surface area (Å²) in [6.45, 7) is 2.73. The minimum Gasteiger partial charge on any atom is -0.386 e. The Morgan fingerprint density at radius 3 is 2.70 bits per heavy atom. The number of halogens is 1. The van der Waals surface area contributed by atoms with E-state index in [1.54, 1.807) is 12.1 Å². The quantitative estimate of drug-likeness (QED) is 0.642. The molecule has 0 aromatic heterocycles. The third kappa shape index (κ3) is 6.02. The van der Waals surface area contributed by atoms with Crippen molar-refractivity contribution in [1.82, 2.24) is 10.6 Å². The molecule has 0 spiro atoms. The molecule has 0 radical (unpaired) electrons. The van der Waals surface area contributed by atoms with E-state index in [0.29, 0.717) is 6.54 Å². The zero-order valence-electron chi connectivity index (χ0n) is 11.9. The van der Waals surface area contributed by atoms with Crippen molar-refractivity contribution < 1.29 is 14.3 Å². The summed E-state index contributed by atoms with van der Waals surface area (Å²) in [4.78, 5) is 11.5. The number of carbonyl (C=O) groups excluding carboxylic acids is 1.